The van der Waals surface area contributed by atoms with Gasteiger partial charge in [-0.2, -0.15) is 10.2 Å². The van der Waals surface area contributed by atoms with E-state index in [-0.39, 0.29) is 5.75 Å². The Morgan fingerprint density at radius 3 is 2.40 bits per heavy atom. The van der Waals surface area contributed by atoms with Crippen LogP contribution in [0.4, 0.5) is 5.69 Å². The Bertz CT molecular complexity index is 924. The van der Waals surface area contributed by atoms with Crippen LogP contribution in [0.15, 0.2) is 42.5 Å². The lowest BCUT2D eigenvalue weighted by Crippen LogP contribution is -2.12. The van der Waals surface area contributed by atoms with Gasteiger partial charge in [0.05, 0.1) is 16.9 Å². The van der Waals surface area contributed by atoms with Crippen molar-refractivity contribution in [2.75, 3.05) is 5.32 Å². The maximum atomic E-state index is 10.8. The summed E-state index contributed by atoms with van der Waals surface area (Å²) in [6.45, 7) is 6.14. The molecule has 0 bridgehead atoms. The van der Waals surface area contributed by atoms with Crippen LogP contribution in [0.3, 0.4) is 0 Å². The van der Waals surface area contributed by atoms with Gasteiger partial charge in [-0.3, -0.25) is 4.21 Å². The van der Waals surface area contributed by atoms with E-state index in [2.05, 4.69) is 41.5 Å². The van der Waals surface area contributed by atoms with Crippen molar-refractivity contribution < 1.29 is 8.76 Å². The summed E-state index contributed by atoms with van der Waals surface area (Å²) in [6.07, 6.45) is 0. The van der Waals surface area contributed by atoms with Crippen LogP contribution in [0.5, 0.6) is 0 Å². The zero-order chi connectivity index (χ0) is 18.0. The van der Waals surface area contributed by atoms with Crippen molar-refractivity contribution in [3.05, 3.63) is 53.7 Å². The van der Waals surface area contributed by atoms with E-state index in [0.717, 1.165) is 39.0 Å². The Hall–Kier alpha value is -2.31. The van der Waals surface area contributed by atoms with Crippen molar-refractivity contribution in [2.45, 2.75) is 32.6 Å². The van der Waals surface area contributed by atoms with Gasteiger partial charge in [-0.05, 0) is 49.6 Å². The van der Waals surface area contributed by atoms with Gasteiger partial charge in [-0.1, -0.05) is 41.4 Å². The molecule has 25 heavy (non-hydrogen) atoms. The van der Waals surface area contributed by atoms with E-state index < -0.39 is 11.1 Å². The standard InChI is InChI=1S/C19H21N3O2S/c1-12(2)20-19-13(3)21-22-18-10-16(8-9-17(18)19)15-6-4-14(5-7-15)11-25(23)24/h4-10,12H,11H2,1-3H3,(H,20,22)(H,23,24)/p-1. The van der Waals surface area contributed by atoms with Crippen LogP contribution in [0, 0.1) is 6.92 Å². The first-order valence-electron chi connectivity index (χ1n) is 8.13. The molecule has 0 saturated heterocycles. The van der Waals surface area contributed by atoms with Gasteiger partial charge >= 0.3 is 0 Å². The highest BCUT2D eigenvalue weighted by Gasteiger charge is 2.10. The summed E-state index contributed by atoms with van der Waals surface area (Å²) in [5.74, 6) is 0.0347. The molecule has 1 atom stereocenters. The normalized spacial score (nSPS) is 12.5. The van der Waals surface area contributed by atoms with Crippen LogP contribution in [0.25, 0.3) is 22.0 Å². The Labute approximate surface area is 149 Å². The average molecular weight is 354 g/mol. The number of hydrogen-bond donors (Lipinski definition) is 1. The number of nitrogens with one attached hydrogen (secondary N) is 1. The van der Waals surface area contributed by atoms with E-state index in [1.165, 1.54) is 0 Å². The fourth-order valence-electron chi connectivity index (χ4n) is 2.78. The van der Waals surface area contributed by atoms with Crippen molar-refractivity contribution in [1.82, 2.24) is 10.2 Å². The molecule has 3 rings (SSSR count). The third-order valence-electron chi connectivity index (χ3n) is 3.94. The minimum absolute atomic E-state index is 0.0347. The van der Waals surface area contributed by atoms with E-state index in [1.807, 2.05) is 37.3 Å². The summed E-state index contributed by atoms with van der Waals surface area (Å²) < 4.78 is 21.6. The number of rotatable bonds is 5. The summed E-state index contributed by atoms with van der Waals surface area (Å²) in [7, 11) is 0. The third kappa shape index (κ3) is 4.03. The summed E-state index contributed by atoms with van der Waals surface area (Å²) >= 11 is -2.07. The molecule has 2 aromatic carbocycles. The fourth-order valence-corrected chi connectivity index (χ4v) is 3.24. The van der Waals surface area contributed by atoms with Crippen LogP contribution in [-0.2, 0) is 16.8 Å². The first-order valence-corrected chi connectivity index (χ1v) is 9.37. The molecule has 3 aromatic rings. The van der Waals surface area contributed by atoms with Crippen molar-refractivity contribution in [2.24, 2.45) is 0 Å². The van der Waals surface area contributed by atoms with E-state index in [9.17, 15) is 8.76 Å². The van der Waals surface area contributed by atoms with Crippen LogP contribution in [0.1, 0.15) is 25.1 Å². The smallest absolute Gasteiger partial charge is 0.0956 e. The summed E-state index contributed by atoms with van der Waals surface area (Å²) in [6, 6.07) is 14.0. The molecular weight excluding hydrogens is 334 g/mol. The van der Waals surface area contributed by atoms with Gasteiger partial charge in [0, 0.05) is 17.2 Å². The second-order valence-electron chi connectivity index (χ2n) is 6.34. The molecule has 0 fully saturated rings. The third-order valence-corrected chi connectivity index (χ3v) is 4.51. The number of nitrogens with zero attached hydrogens (tertiary/aromatic N) is 2. The van der Waals surface area contributed by atoms with Crippen molar-refractivity contribution in [3.8, 4) is 11.1 Å². The zero-order valence-corrected chi connectivity index (χ0v) is 15.3. The summed E-state index contributed by atoms with van der Waals surface area (Å²) in [5.41, 5.74) is 5.54. The second kappa shape index (κ2) is 7.29. The molecule has 0 saturated carbocycles. The minimum Gasteiger partial charge on any atom is -0.772 e. The number of hydrogen-bond acceptors (Lipinski definition) is 5. The monoisotopic (exact) mass is 354 g/mol. The number of aryl methyl sites for hydroxylation is 1. The maximum absolute atomic E-state index is 10.8. The fraction of sp³-hybridized carbons (Fsp3) is 0.263. The van der Waals surface area contributed by atoms with Gasteiger partial charge in [0.25, 0.3) is 0 Å². The molecule has 0 amide bonds. The van der Waals surface area contributed by atoms with Crippen LogP contribution in [-0.4, -0.2) is 25.0 Å². The number of aromatic nitrogens is 2. The average Bonchev–Trinajstić information content (AvgIpc) is 2.57. The first kappa shape index (κ1) is 17.5. The molecule has 1 N–H and O–H groups in total. The Morgan fingerprint density at radius 1 is 1.08 bits per heavy atom. The van der Waals surface area contributed by atoms with Crippen LogP contribution in [0.2, 0.25) is 0 Å². The SMILES string of the molecule is Cc1nnc2cc(-c3ccc(CS(=O)[O-])cc3)ccc2c1NC(C)C. The van der Waals surface area contributed by atoms with E-state index in [4.69, 9.17) is 0 Å². The van der Waals surface area contributed by atoms with Crippen molar-refractivity contribution >= 4 is 27.7 Å². The molecule has 6 heteroatoms. The van der Waals surface area contributed by atoms with Gasteiger partial charge in [-0.25, -0.2) is 0 Å². The summed E-state index contributed by atoms with van der Waals surface area (Å²) in [4.78, 5) is 0. The predicted molar refractivity (Wildman–Crippen MR) is 101 cm³/mol. The number of fused-ring (bicyclic) bond motifs is 1. The van der Waals surface area contributed by atoms with Gasteiger partial charge in [0.2, 0.25) is 0 Å². The molecule has 1 heterocycles. The molecule has 0 aliphatic rings. The molecule has 0 aliphatic carbocycles. The second-order valence-corrected chi connectivity index (χ2v) is 7.23. The highest BCUT2D eigenvalue weighted by atomic mass is 32.2. The minimum atomic E-state index is -2.07. The largest absolute Gasteiger partial charge is 0.772 e. The molecule has 0 spiro atoms. The molecule has 0 aliphatic heterocycles. The molecule has 1 aromatic heterocycles. The Morgan fingerprint density at radius 2 is 1.76 bits per heavy atom. The number of benzene rings is 2. The highest BCUT2D eigenvalue weighted by molar-refractivity contribution is 7.78. The van der Waals surface area contributed by atoms with E-state index in [0.29, 0.717) is 6.04 Å². The van der Waals surface area contributed by atoms with Gasteiger partial charge < -0.3 is 9.87 Å². The lowest BCUT2D eigenvalue weighted by molar-refractivity contribution is 0.536. The molecule has 0 radical (unpaired) electrons. The lowest BCUT2D eigenvalue weighted by atomic mass is 10.0. The van der Waals surface area contributed by atoms with Gasteiger partial charge in [0.15, 0.2) is 0 Å². The molecule has 1 unspecified atom stereocenters. The zero-order valence-electron chi connectivity index (χ0n) is 14.4. The van der Waals surface area contributed by atoms with Crippen LogP contribution < -0.4 is 5.32 Å². The molecule has 5 nitrogen and oxygen atoms in total. The quantitative estimate of drug-likeness (QED) is 0.705. The highest BCUT2D eigenvalue weighted by Crippen LogP contribution is 2.29. The Kier molecular flexibility index (Phi) is 5.11. The maximum Gasteiger partial charge on any atom is 0.0956 e. The number of anilines is 1. The van der Waals surface area contributed by atoms with E-state index in [1.54, 1.807) is 0 Å². The van der Waals surface area contributed by atoms with E-state index >= 15 is 0 Å². The van der Waals surface area contributed by atoms with Crippen molar-refractivity contribution in [3.63, 3.8) is 0 Å². The molecule has 130 valence electrons. The van der Waals surface area contributed by atoms with Gasteiger partial charge in [0.1, 0.15) is 0 Å². The van der Waals surface area contributed by atoms with Gasteiger partial charge in [-0.15, -0.1) is 0 Å². The predicted octanol–water partition coefficient (Wildman–Crippen LogP) is 3.80. The molecular formula is C19H20N3O2S-. The van der Waals surface area contributed by atoms with Crippen molar-refractivity contribution in [1.29, 1.82) is 0 Å². The van der Waals surface area contributed by atoms with Crippen LogP contribution >= 0.6 is 0 Å². The lowest BCUT2D eigenvalue weighted by Gasteiger charge is -2.15. The Balaban J connectivity index is 1.99. The topological polar surface area (TPSA) is 77.9 Å². The first-order chi connectivity index (χ1) is 11.9. The summed E-state index contributed by atoms with van der Waals surface area (Å²) in [5, 5.41) is 13.1.